The van der Waals surface area contributed by atoms with Crippen LogP contribution in [0.25, 0.3) is 0 Å². The van der Waals surface area contributed by atoms with Crippen LogP contribution in [-0.2, 0) is 4.74 Å². The van der Waals surface area contributed by atoms with Gasteiger partial charge in [-0.1, -0.05) is 55.8 Å². The molecular weight excluding hydrogens is 514 g/mol. The fraction of sp³-hybridized carbons (Fsp3) is 0.818. The Kier molecular flexibility index (Phi) is 8.54. The number of benzene rings is 1. The van der Waals surface area contributed by atoms with E-state index < -0.39 is 0 Å². The molecule has 3 aliphatic heterocycles. The highest BCUT2D eigenvalue weighted by atomic mass is 32.2. The third-order valence-corrected chi connectivity index (χ3v) is 12.5. The molecule has 3 saturated carbocycles. The predicted molar refractivity (Wildman–Crippen MR) is 165 cm³/mol. The van der Waals surface area contributed by atoms with Gasteiger partial charge in [0.15, 0.2) is 0 Å². The van der Waals surface area contributed by atoms with Crippen LogP contribution in [0.1, 0.15) is 99.8 Å². The van der Waals surface area contributed by atoms with Gasteiger partial charge < -0.3 is 4.74 Å². The van der Waals surface area contributed by atoms with Crippen molar-refractivity contribution in [2.24, 2.45) is 11.3 Å². The van der Waals surface area contributed by atoms with Gasteiger partial charge in [0.05, 0.1) is 6.10 Å². The first-order valence-electron chi connectivity index (χ1n) is 16.6. The summed E-state index contributed by atoms with van der Waals surface area (Å²) >= 11 is 1.97. The molecule has 1 aromatic carbocycles. The van der Waals surface area contributed by atoms with Gasteiger partial charge in [-0.3, -0.25) is 20.4 Å². The number of nitrogens with one attached hydrogen (secondary N) is 3. The number of rotatable bonds is 2. The number of fused-ring (bicyclic) bond motifs is 6. The fourth-order valence-corrected chi connectivity index (χ4v) is 10.5. The summed E-state index contributed by atoms with van der Waals surface area (Å²) in [5.74, 6) is 0.817. The molecule has 40 heavy (non-hydrogen) atoms. The minimum Gasteiger partial charge on any atom is -0.357 e. The second-order valence-electron chi connectivity index (χ2n) is 14.4. The minimum atomic E-state index is 0.0429. The average Bonchev–Trinajstić information content (AvgIpc) is 3.12. The van der Waals surface area contributed by atoms with Crippen molar-refractivity contribution < 1.29 is 4.74 Å². The zero-order valence-corrected chi connectivity index (χ0v) is 25.8. The molecule has 0 aromatic heterocycles. The number of hydrogen-bond donors (Lipinski definition) is 3. The van der Waals surface area contributed by atoms with E-state index >= 15 is 0 Å². The molecule has 7 heteroatoms. The van der Waals surface area contributed by atoms with Gasteiger partial charge in [0.1, 0.15) is 12.5 Å². The maximum Gasteiger partial charge on any atom is 0.123 e. The summed E-state index contributed by atoms with van der Waals surface area (Å²) in [6.45, 7) is 10.4. The van der Waals surface area contributed by atoms with E-state index in [1.807, 2.05) is 11.9 Å². The molecule has 0 radical (unpaired) electrons. The Morgan fingerprint density at radius 3 is 2.55 bits per heavy atom. The summed E-state index contributed by atoms with van der Waals surface area (Å²) in [4.78, 5) is 5.65. The highest BCUT2D eigenvalue weighted by molar-refractivity contribution is 7.98. The van der Waals surface area contributed by atoms with Crippen molar-refractivity contribution in [2.45, 2.75) is 127 Å². The second kappa shape index (κ2) is 12.1. The lowest BCUT2D eigenvalue weighted by Gasteiger charge is -2.54. The SMILES string of the molecule is Cc1cccc(C)c1C1CC2NC(NSC3CCCC(C3)CN3CCN(C4CC5(CCCCC5)C4)C[C@@H](C3)O2)N1. The molecule has 3 N–H and O–H groups in total. The lowest BCUT2D eigenvalue weighted by Crippen LogP contribution is -2.62. The summed E-state index contributed by atoms with van der Waals surface area (Å²) in [7, 11) is 0. The first-order chi connectivity index (χ1) is 19.5. The van der Waals surface area contributed by atoms with E-state index in [4.69, 9.17) is 4.74 Å². The van der Waals surface area contributed by atoms with Crippen molar-refractivity contribution in [2.75, 3.05) is 32.7 Å². The topological polar surface area (TPSA) is 51.8 Å². The van der Waals surface area contributed by atoms with Gasteiger partial charge in [-0.2, -0.15) is 0 Å². The molecule has 6 fully saturated rings. The highest BCUT2D eigenvalue weighted by Gasteiger charge is 2.47. The number of ether oxygens (including phenoxy) is 1. The van der Waals surface area contributed by atoms with Crippen LogP contribution in [0.3, 0.4) is 0 Å². The van der Waals surface area contributed by atoms with Crippen molar-refractivity contribution in [1.82, 2.24) is 25.2 Å². The highest BCUT2D eigenvalue weighted by Crippen LogP contribution is 2.53. The van der Waals surface area contributed by atoms with Crippen LogP contribution in [0.5, 0.6) is 0 Å². The van der Waals surface area contributed by atoms with E-state index in [1.54, 1.807) is 0 Å². The van der Waals surface area contributed by atoms with Gasteiger partial charge >= 0.3 is 0 Å². The Morgan fingerprint density at radius 1 is 0.900 bits per heavy atom. The molecular formula is C33H53N5OS. The minimum absolute atomic E-state index is 0.0429. The van der Waals surface area contributed by atoms with Crippen molar-refractivity contribution in [1.29, 1.82) is 0 Å². The molecule has 3 saturated heterocycles. The molecule has 6 unspecified atom stereocenters. The lowest BCUT2D eigenvalue weighted by atomic mass is 9.58. The molecule has 1 aromatic rings. The van der Waals surface area contributed by atoms with Gasteiger partial charge in [-0.15, -0.1) is 0 Å². The summed E-state index contributed by atoms with van der Waals surface area (Å²) in [5, 5.41) is 8.47. The van der Waals surface area contributed by atoms with E-state index in [-0.39, 0.29) is 24.7 Å². The van der Waals surface area contributed by atoms with E-state index in [2.05, 4.69) is 57.2 Å². The molecule has 7 atom stereocenters. The first kappa shape index (κ1) is 28.1. The third-order valence-electron chi connectivity index (χ3n) is 11.4. The Hall–Kier alpha value is -0.670. The smallest absolute Gasteiger partial charge is 0.123 e. The normalized spacial score (nSPS) is 39.3. The van der Waals surface area contributed by atoms with E-state index in [0.29, 0.717) is 10.7 Å². The number of aryl methyl sites for hydroxylation is 2. The molecule has 6 nitrogen and oxygen atoms in total. The Morgan fingerprint density at radius 2 is 1.73 bits per heavy atom. The van der Waals surface area contributed by atoms with Crippen molar-refractivity contribution in [3.8, 4) is 0 Å². The molecule has 7 rings (SSSR count). The quantitative estimate of drug-likeness (QED) is 0.410. The summed E-state index contributed by atoms with van der Waals surface area (Å²) in [5.41, 5.74) is 4.90. The number of hydrogen-bond acceptors (Lipinski definition) is 7. The summed E-state index contributed by atoms with van der Waals surface area (Å²) in [6.07, 6.45) is 17.0. The monoisotopic (exact) mass is 567 g/mol. The van der Waals surface area contributed by atoms with Crippen molar-refractivity contribution >= 4 is 11.9 Å². The molecule has 3 aliphatic carbocycles. The van der Waals surface area contributed by atoms with Crippen LogP contribution in [0.2, 0.25) is 0 Å². The molecule has 222 valence electrons. The summed E-state index contributed by atoms with van der Waals surface area (Å²) < 4.78 is 11.0. The second-order valence-corrected chi connectivity index (χ2v) is 15.5. The van der Waals surface area contributed by atoms with Crippen LogP contribution in [0.4, 0.5) is 0 Å². The van der Waals surface area contributed by atoms with Gasteiger partial charge in [-0.05, 0) is 86.8 Å². The maximum absolute atomic E-state index is 7.13. The molecule has 1 spiro atoms. The number of nitrogens with zero attached hydrogens (tertiary/aromatic N) is 2. The maximum atomic E-state index is 7.13. The zero-order valence-electron chi connectivity index (χ0n) is 25.0. The van der Waals surface area contributed by atoms with Crippen LogP contribution < -0.4 is 15.4 Å². The van der Waals surface area contributed by atoms with Gasteiger partial charge in [0.25, 0.3) is 0 Å². The summed E-state index contributed by atoms with van der Waals surface area (Å²) in [6, 6.07) is 7.78. The average molecular weight is 568 g/mol. The van der Waals surface area contributed by atoms with Gasteiger partial charge in [0.2, 0.25) is 0 Å². The zero-order chi connectivity index (χ0) is 27.1. The van der Waals surface area contributed by atoms with Crippen molar-refractivity contribution in [3.05, 3.63) is 34.9 Å². The fourth-order valence-electron chi connectivity index (χ4n) is 9.35. The van der Waals surface area contributed by atoms with Gasteiger partial charge in [0, 0.05) is 56.5 Å². The largest absolute Gasteiger partial charge is 0.357 e. The Bertz CT molecular complexity index is 988. The Balaban J connectivity index is 1.11. The van der Waals surface area contributed by atoms with Crippen LogP contribution in [0.15, 0.2) is 18.2 Å². The van der Waals surface area contributed by atoms with Crippen LogP contribution >= 0.6 is 11.9 Å². The standard InChI is InChI=1S/C33H53N5OS/c1-23-8-6-9-24(2)31(23)29-17-30-35-32(34-29)36-40-28-11-7-10-25(16-28)20-37-14-15-38(22-27(21-37)39-30)26-18-33(19-26)12-4-3-5-13-33/h6,8-9,25-30,32,34-36H,3-5,7,10-22H2,1-2H3/t25?,27-,28?,29?,30?,32?/m1/s1. The molecule has 0 amide bonds. The Labute approximate surface area is 247 Å². The van der Waals surface area contributed by atoms with E-state index in [1.165, 1.54) is 107 Å². The molecule has 3 heterocycles. The predicted octanol–water partition coefficient (Wildman–Crippen LogP) is 5.46. The van der Waals surface area contributed by atoms with E-state index in [9.17, 15) is 0 Å². The van der Waals surface area contributed by atoms with Crippen LogP contribution in [0, 0.1) is 25.2 Å². The third kappa shape index (κ3) is 6.17. The molecule has 6 bridgehead atoms. The lowest BCUT2D eigenvalue weighted by molar-refractivity contribution is -0.0898. The molecule has 6 aliphatic rings. The van der Waals surface area contributed by atoms with E-state index in [0.717, 1.165) is 31.5 Å². The van der Waals surface area contributed by atoms with Crippen LogP contribution in [-0.4, -0.2) is 72.4 Å². The first-order valence-corrected chi connectivity index (χ1v) is 17.5. The van der Waals surface area contributed by atoms with Gasteiger partial charge in [-0.25, -0.2) is 4.72 Å². The van der Waals surface area contributed by atoms with Crippen molar-refractivity contribution in [3.63, 3.8) is 0 Å².